The van der Waals surface area contributed by atoms with Gasteiger partial charge in [0.2, 0.25) is 0 Å². The number of nitrogens with one attached hydrogen (secondary N) is 1. The highest BCUT2D eigenvalue weighted by Gasteiger charge is 2.24. The molecule has 0 amide bonds. The molecule has 2 N–H and O–H groups in total. The molecule has 1 atom stereocenters. The van der Waals surface area contributed by atoms with Crippen LogP contribution in [0.4, 0.5) is 5.69 Å². The fourth-order valence-electron chi connectivity index (χ4n) is 1.23. The summed E-state index contributed by atoms with van der Waals surface area (Å²) in [5, 5.41) is 12.0. The van der Waals surface area contributed by atoms with Crippen LogP contribution in [0.2, 0.25) is 5.02 Å². The van der Waals surface area contributed by atoms with Crippen LogP contribution in [0.1, 0.15) is 0 Å². The minimum Gasteiger partial charge on any atom is -0.477 e. The van der Waals surface area contributed by atoms with Crippen LogP contribution in [-0.2, 0) is 15.6 Å². The Morgan fingerprint density at radius 3 is 2.87 bits per heavy atom. The average Bonchev–Trinajstić information content (AvgIpc) is 2.19. The molecule has 0 fully saturated rings. The van der Waals surface area contributed by atoms with Crippen LogP contribution >= 0.6 is 11.6 Å². The molecule has 78 valence electrons. The molecule has 1 aromatic carbocycles. The molecule has 1 aliphatic heterocycles. The van der Waals surface area contributed by atoms with E-state index >= 15 is 0 Å². The molecule has 6 heteroatoms. The van der Waals surface area contributed by atoms with Crippen molar-refractivity contribution in [2.75, 3.05) is 5.32 Å². The highest BCUT2D eigenvalue weighted by atomic mass is 35.5. The Morgan fingerprint density at radius 2 is 2.20 bits per heavy atom. The second-order valence-electron chi connectivity index (χ2n) is 2.87. The van der Waals surface area contributed by atoms with Crippen LogP contribution < -0.4 is 5.32 Å². The van der Waals surface area contributed by atoms with Crippen molar-refractivity contribution in [2.24, 2.45) is 0 Å². The molecule has 4 nitrogen and oxygen atoms in total. The number of anilines is 1. The van der Waals surface area contributed by atoms with Crippen LogP contribution in [0, 0.1) is 0 Å². The summed E-state index contributed by atoms with van der Waals surface area (Å²) in [4.78, 5) is 10.9. The van der Waals surface area contributed by atoms with Crippen LogP contribution in [-0.4, -0.2) is 15.3 Å². The molecule has 0 bridgehead atoms. The lowest BCUT2D eigenvalue weighted by molar-refractivity contribution is -0.131. The Kier molecular flexibility index (Phi) is 2.50. The maximum Gasteiger partial charge on any atom is 0.346 e. The standard InChI is InChI=1S/C9H6ClNO3S/c10-5-1-2-6-7(3-5)15(14)8(4-11-6)9(12)13/h1-4,11H,(H,12,13). The van der Waals surface area contributed by atoms with E-state index < -0.39 is 16.8 Å². The SMILES string of the molecule is O=C(O)C1=CNc2ccc(Cl)cc2S1=O. The van der Waals surface area contributed by atoms with Gasteiger partial charge in [-0.05, 0) is 18.2 Å². The van der Waals surface area contributed by atoms with Crippen LogP contribution in [0.5, 0.6) is 0 Å². The van der Waals surface area contributed by atoms with Crippen molar-refractivity contribution < 1.29 is 14.1 Å². The predicted octanol–water partition coefficient (Wildman–Crippen LogP) is 1.80. The molecule has 0 radical (unpaired) electrons. The van der Waals surface area contributed by atoms with Crippen molar-refractivity contribution in [3.05, 3.63) is 34.3 Å². The molecular weight excluding hydrogens is 238 g/mol. The summed E-state index contributed by atoms with van der Waals surface area (Å²) in [7, 11) is -1.68. The molecule has 0 saturated carbocycles. The van der Waals surface area contributed by atoms with E-state index in [2.05, 4.69) is 5.32 Å². The molecule has 0 saturated heterocycles. The third kappa shape index (κ3) is 1.75. The summed E-state index contributed by atoms with van der Waals surface area (Å²) >= 11 is 5.74. The van der Waals surface area contributed by atoms with E-state index in [1.54, 1.807) is 12.1 Å². The second-order valence-corrected chi connectivity index (χ2v) is 4.72. The smallest absolute Gasteiger partial charge is 0.346 e. The van der Waals surface area contributed by atoms with Crippen molar-refractivity contribution in [3.8, 4) is 0 Å². The van der Waals surface area contributed by atoms with E-state index in [1.807, 2.05) is 0 Å². The van der Waals surface area contributed by atoms with Crippen molar-refractivity contribution in [1.29, 1.82) is 0 Å². The lowest BCUT2D eigenvalue weighted by Gasteiger charge is -2.15. The summed E-state index contributed by atoms with van der Waals surface area (Å²) in [6.45, 7) is 0. The van der Waals surface area contributed by atoms with Crippen molar-refractivity contribution in [3.63, 3.8) is 0 Å². The minimum absolute atomic E-state index is 0.176. The Bertz CT molecular complexity index is 498. The summed E-state index contributed by atoms with van der Waals surface area (Å²) in [6, 6.07) is 4.80. The largest absolute Gasteiger partial charge is 0.477 e. The van der Waals surface area contributed by atoms with Crippen molar-refractivity contribution in [2.45, 2.75) is 4.90 Å². The van der Waals surface area contributed by atoms with Gasteiger partial charge >= 0.3 is 5.97 Å². The van der Waals surface area contributed by atoms with Crippen LogP contribution in [0.3, 0.4) is 0 Å². The fourth-order valence-corrected chi connectivity index (χ4v) is 2.58. The molecule has 15 heavy (non-hydrogen) atoms. The zero-order chi connectivity index (χ0) is 11.0. The number of carbonyl (C=O) groups is 1. The van der Waals surface area contributed by atoms with Gasteiger partial charge in [-0.25, -0.2) is 9.00 Å². The maximum absolute atomic E-state index is 11.8. The predicted molar refractivity (Wildman–Crippen MR) is 57.2 cm³/mol. The Labute approximate surface area is 93.0 Å². The Morgan fingerprint density at radius 1 is 1.47 bits per heavy atom. The first kappa shape index (κ1) is 10.2. The molecule has 2 rings (SSSR count). The van der Waals surface area contributed by atoms with Gasteiger partial charge in [0.15, 0.2) is 0 Å². The summed E-state index contributed by atoms with van der Waals surface area (Å²) in [5.74, 6) is -1.20. The Balaban J connectivity index is 2.52. The van der Waals surface area contributed by atoms with Gasteiger partial charge in [0.1, 0.15) is 4.91 Å². The molecule has 0 aliphatic carbocycles. The zero-order valence-electron chi connectivity index (χ0n) is 7.36. The molecular formula is C9H6ClNO3S. The summed E-state index contributed by atoms with van der Waals surface area (Å²) in [5.41, 5.74) is 0.614. The van der Waals surface area contributed by atoms with E-state index in [9.17, 15) is 9.00 Å². The monoisotopic (exact) mass is 243 g/mol. The third-order valence-electron chi connectivity index (χ3n) is 1.91. The number of carboxylic acids is 1. The van der Waals surface area contributed by atoms with Gasteiger partial charge in [0.25, 0.3) is 0 Å². The first-order valence-electron chi connectivity index (χ1n) is 4.01. The lowest BCUT2D eigenvalue weighted by Crippen LogP contribution is -2.14. The summed E-state index contributed by atoms with van der Waals surface area (Å²) in [6.07, 6.45) is 1.23. The normalized spacial score (nSPS) is 18.7. The van der Waals surface area contributed by atoms with Crippen LogP contribution in [0.25, 0.3) is 0 Å². The number of rotatable bonds is 1. The van der Waals surface area contributed by atoms with E-state index in [1.165, 1.54) is 12.3 Å². The number of aliphatic carboxylic acids is 1. The van der Waals surface area contributed by atoms with Gasteiger partial charge in [-0.2, -0.15) is 0 Å². The van der Waals surface area contributed by atoms with E-state index in [-0.39, 0.29) is 4.91 Å². The molecule has 1 aliphatic rings. The lowest BCUT2D eigenvalue weighted by atomic mass is 10.3. The van der Waals surface area contributed by atoms with Gasteiger partial charge in [0, 0.05) is 11.2 Å². The first-order chi connectivity index (χ1) is 7.09. The fraction of sp³-hybridized carbons (Fsp3) is 0. The number of hydrogen-bond acceptors (Lipinski definition) is 3. The number of halogens is 1. The number of benzene rings is 1. The highest BCUT2D eigenvalue weighted by Crippen LogP contribution is 2.30. The van der Waals surface area contributed by atoms with Crippen molar-refractivity contribution >= 4 is 34.1 Å². The maximum atomic E-state index is 11.8. The minimum atomic E-state index is -1.68. The van der Waals surface area contributed by atoms with E-state index in [0.717, 1.165) is 0 Å². The molecule has 1 aromatic rings. The number of hydrogen-bond donors (Lipinski definition) is 2. The second kappa shape index (κ2) is 3.67. The zero-order valence-corrected chi connectivity index (χ0v) is 8.93. The quantitative estimate of drug-likeness (QED) is 0.789. The Hall–Kier alpha value is -1.33. The highest BCUT2D eigenvalue weighted by molar-refractivity contribution is 7.90. The molecule has 1 unspecified atom stereocenters. The number of fused-ring (bicyclic) bond motifs is 1. The van der Waals surface area contributed by atoms with Gasteiger partial charge in [-0.1, -0.05) is 11.6 Å². The molecule has 0 aromatic heterocycles. The average molecular weight is 244 g/mol. The topological polar surface area (TPSA) is 66.4 Å². The van der Waals surface area contributed by atoms with Crippen LogP contribution in [0.15, 0.2) is 34.2 Å². The van der Waals surface area contributed by atoms with Gasteiger partial charge in [-0.3, -0.25) is 0 Å². The van der Waals surface area contributed by atoms with Gasteiger partial charge < -0.3 is 10.4 Å². The number of carboxylic acid groups (broad SMARTS) is 1. The first-order valence-corrected chi connectivity index (χ1v) is 5.53. The third-order valence-corrected chi connectivity index (χ3v) is 3.58. The molecule has 0 spiro atoms. The van der Waals surface area contributed by atoms with E-state index in [0.29, 0.717) is 15.6 Å². The van der Waals surface area contributed by atoms with Crippen molar-refractivity contribution in [1.82, 2.24) is 0 Å². The van der Waals surface area contributed by atoms with Gasteiger partial charge in [-0.15, -0.1) is 0 Å². The summed E-state index contributed by atoms with van der Waals surface area (Å²) < 4.78 is 11.8. The molecule has 1 heterocycles. The van der Waals surface area contributed by atoms with E-state index in [4.69, 9.17) is 16.7 Å². The van der Waals surface area contributed by atoms with Gasteiger partial charge in [0.05, 0.1) is 21.4 Å².